The van der Waals surface area contributed by atoms with E-state index in [1.807, 2.05) is 0 Å². The third kappa shape index (κ3) is 3.68. The molecule has 5 saturated carbocycles. The normalized spacial score (nSPS) is 51.1. The molecule has 0 heterocycles. The van der Waals surface area contributed by atoms with Crippen LogP contribution in [0.3, 0.4) is 0 Å². The maximum absolute atomic E-state index is 10.8. The summed E-state index contributed by atoms with van der Waals surface area (Å²) in [6, 6.07) is 0. The summed E-state index contributed by atoms with van der Waals surface area (Å²) in [7, 11) is 0. The van der Waals surface area contributed by atoms with Crippen molar-refractivity contribution < 1.29 is 20.5 Å². The van der Waals surface area contributed by atoms with Gasteiger partial charge in [0.15, 0.2) is 0 Å². The van der Waals surface area contributed by atoms with E-state index in [1.165, 1.54) is 24.8 Å². The monoisotopic (exact) mass is 530 g/mol. The predicted molar refractivity (Wildman–Crippen MR) is 151 cm³/mol. The van der Waals surface area contributed by atoms with E-state index in [0.717, 1.165) is 57.2 Å². The predicted octanol–water partition coefficient (Wildman–Crippen LogP) is 5.00. The van der Waals surface area contributed by atoms with Gasteiger partial charge in [-0.15, -0.1) is 0 Å². The molecule has 6 heteroatoms. The number of oxime groups is 1. The zero-order valence-corrected chi connectivity index (χ0v) is 24.4. The van der Waals surface area contributed by atoms with Crippen LogP contribution in [0.15, 0.2) is 17.3 Å². The van der Waals surface area contributed by atoms with Crippen molar-refractivity contribution in [3.05, 3.63) is 12.2 Å². The molecule has 5 rings (SSSR count). The lowest BCUT2D eigenvalue weighted by molar-refractivity contribution is -0.233. The van der Waals surface area contributed by atoms with Crippen LogP contribution in [0.4, 0.5) is 0 Å². The molecule has 6 nitrogen and oxygen atoms in total. The highest BCUT2D eigenvalue weighted by atomic mass is 16.4. The lowest BCUT2D eigenvalue weighted by atomic mass is 9.32. The van der Waals surface area contributed by atoms with Gasteiger partial charge in [0.05, 0.1) is 18.9 Å². The Morgan fingerprint density at radius 1 is 0.895 bits per heavy atom. The largest absolute Gasteiger partial charge is 0.411 e. The van der Waals surface area contributed by atoms with E-state index in [4.69, 9.17) is 0 Å². The first kappa shape index (κ1) is 28.6. The summed E-state index contributed by atoms with van der Waals surface area (Å²) >= 11 is 0. The van der Waals surface area contributed by atoms with Gasteiger partial charge in [-0.1, -0.05) is 45.0 Å². The van der Waals surface area contributed by atoms with E-state index in [2.05, 4.69) is 44.7 Å². The molecule has 0 saturated heterocycles. The molecule has 0 aromatic carbocycles. The van der Waals surface area contributed by atoms with Gasteiger partial charge in [0.2, 0.25) is 0 Å². The fraction of sp³-hybridized carbons (Fsp3) is 0.906. The number of nitrogens with one attached hydrogen (secondary N) is 1. The maximum Gasteiger partial charge on any atom is 0.0655 e. The molecule has 10 atom stereocenters. The smallest absolute Gasteiger partial charge is 0.0655 e. The van der Waals surface area contributed by atoms with Crippen LogP contribution in [0.5, 0.6) is 0 Å². The van der Waals surface area contributed by atoms with Gasteiger partial charge in [-0.05, 0) is 115 Å². The van der Waals surface area contributed by atoms with Gasteiger partial charge in [0.1, 0.15) is 0 Å². The zero-order valence-electron chi connectivity index (χ0n) is 24.4. The molecule has 38 heavy (non-hydrogen) atoms. The zero-order chi connectivity index (χ0) is 27.6. The molecule has 5 N–H and O–H groups in total. The SMILES string of the molecule is C=C(CNCCO)[C@@H]1CC[C@]2(CO)CC[C@]3(C)[C@H](CC[C@@H]4[C@@]5(C)CC/C(=N\O)[C@@](C)(CO)[C@@H]5CC[C@]43C)[C@@H]12. The Kier molecular flexibility index (Phi) is 7.41. The Balaban J connectivity index is 1.49. The minimum Gasteiger partial charge on any atom is -0.411 e. The molecule has 5 aliphatic carbocycles. The van der Waals surface area contributed by atoms with Crippen LogP contribution in [0.1, 0.15) is 91.9 Å². The highest BCUT2D eigenvalue weighted by molar-refractivity contribution is 5.91. The van der Waals surface area contributed by atoms with Crippen LogP contribution < -0.4 is 5.32 Å². The van der Waals surface area contributed by atoms with Gasteiger partial charge >= 0.3 is 0 Å². The number of hydrogen-bond acceptors (Lipinski definition) is 6. The fourth-order valence-corrected chi connectivity index (χ4v) is 11.9. The average Bonchev–Trinajstić information content (AvgIpc) is 3.29. The molecule has 0 aliphatic heterocycles. The quantitative estimate of drug-likeness (QED) is 0.138. The molecule has 0 aromatic rings. The third-order valence-corrected chi connectivity index (χ3v) is 14.1. The summed E-state index contributed by atoms with van der Waals surface area (Å²) in [5.41, 5.74) is 2.14. The van der Waals surface area contributed by atoms with E-state index in [0.29, 0.717) is 36.1 Å². The summed E-state index contributed by atoms with van der Waals surface area (Å²) in [4.78, 5) is 0. The molecular weight excluding hydrogens is 476 g/mol. The van der Waals surface area contributed by atoms with Crippen LogP contribution in [0.2, 0.25) is 0 Å². The van der Waals surface area contributed by atoms with E-state index < -0.39 is 5.41 Å². The number of aliphatic hydroxyl groups excluding tert-OH is 3. The molecule has 0 bridgehead atoms. The standard InChI is InChI=1S/C32H54N2O4/c1-21(18-33-16-17-35)22-8-13-32(20-37)15-14-30(4)23(27(22)32)6-7-25-28(2)11-10-26(34-38)29(3,19-36)24(28)9-12-31(25,30)5/h22-25,27,33,35-38H,1,6-20H2,2-5H3/b34-26+/t22-,23+,24+,25+,27+,28-,29-,30+,31+,32+/m0/s1. The molecule has 0 spiro atoms. The van der Waals surface area contributed by atoms with Crippen LogP contribution in [0.25, 0.3) is 0 Å². The highest BCUT2D eigenvalue weighted by Gasteiger charge is 2.71. The molecule has 0 unspecified atom stereocenters. The van der Waals surface area contributed by atoms with E-state index in [9.17, 15) is 20.5 Å². The van der Waals surface area contributed by atoms with Crippen molar-refractivity contribution in [2.24, 2.45) is 61.8 Å². The lowest BCUT2D eigenvalue weighted by Crippen LogP contribution is -2.67. The van der Waals surface area contributed by atoms with Crippen molar-refractivity contribution in [3.63, 3.8) is 0 Å². The van der Waals surface area contributed by atoms with Gasteiger partial charge in [-0.25, -0.2) is 0 Å². The van der Waals surface area contributed by atoms with Gasteiger partial charge < -0.3 is 25.8 Å². The summed E-state index contributed by atoms with van der Waals surface area (Å²) in [5.74, 6) is 2.39. The summed E-state index contributed by atoms with van der Waals surface area (Å²) in [6.45, 7) is 16.2. The first-order chi connectivity index (χ1) is 18.0. The van der Waals surface area contributed by atoms with Gasteiger partial charge in [0, 0.05) is 25.1 Å². The van der Waals surface area contributed by atoms with Crippen LogP contribution in [-0.2, 0) is 0 Å². The molecular formula is C32H54N2O4. The molecule has 5 aliphatic rings. The van der Waals surface area contributed by atoms with Crippen molar-refractivity contribution >= 4 is 5.71 Å². The average molecular weight is 531 g/mol. The maximum atomic E-state index is 10.8. The second-order valence-electron chi connectivity index (χ2n) is 15.0. The third-order valence-electron chi connectivity index (χ3n) is 14.1. The van der Waals surface area contributed by atoms with E-state index in [1.54, 1.807) is 0 Å². The Labute approximate surface area is 230 Å². The number of rotatable bonds is 7. The Morgan fingerprint density at radius 2 is 1.66 bits per heavy atom. The fourth-order valence-electron chi connectivity index (χ4n) is 11.9. The Hall–Kier alpha value is -0.950. The first-order valence-electron chi connectivity index (χ1n) is 15.4. The van der Waals surface area contributed by atoms with Crippen LogP contribution >= 0.6 is 0 Å². The highest BCUT2D eigenvalue weighted by Crippen LogP contribution is 2.77. The van der Waals surface area contributed by atoms with Gasteiger partial charge in [0.25, 0.3) is 0 Å². The van der Waals surface area contributed by atoms with Crippen LogP contribution in [-0.4, -0.2) is 59.1 Å². The summed E-state index contributed by atoms with van der Waals surface area (Å²) in [6.07, 6.45) is 10.9. The minimum atomic E-state index is -0.449. The number of hydrogen-bond donors (Lipinski definition) is 5. The van der Waals surface area contributed by atoms with Crippen molar-refractivity contribution in [3.8, 4) is 0 Å². The molecule has 0 aromatic heterocycles. The molecule has 0 radical (unpaired) electrons. The molecule has 0 amide bonds. The van der Waals surface area contributed by atoms with Crippen LogP contribution in [0, 0.1) is 56.7 Å². The number of aliphatic hydroxyl groups is 3. The van der Waals surface area contributed by atoms with Crippen molar-refractivity contribution in [2.45, 2.75) is 91.9 Å². The second-order valence-corrected chi connectivity index (χ2v) is 15.0. The van der Waals surface area contributed by atoms with Gasteiger partial charge in [-0.3, -0.25) is 0 Å². The lowest BCUT2D eigenvalue weighted by Gasteiger charge is -2.72. The number of nitrogens with zero attached hydrogens (tertiary/aromatic N) is 1. The topological polar surface area (TPSA) is 105 Å². The van der Waals surface area contributed by atoms with E-state index >= 15 is 0 Å². The van der Waals surface area contributed by atoms with Crippen molar-refractivity contribution in [1.82, 2.24) is 5.32 Å². The minimum absolute atomic E-state index is 0.0197. The van der Waals surface area contributed by atoms with Crippen molar-refractivity contribution in [1.29, 1.82) is 0 Å². The van der Waals surface area contributed by atoms with Crippen molar-refractivity contribution in [2.75, 3.05) is 32.9 Å². The molecule has 216 valence electrons. The summed E-state index contributed by atoms with van der Waals surface area (Å²) < 4.78 is 0. The first-order valence-corrected chi connectivity index (χ1v) is 15.4. The Morgan fingerprint density at radius 3 is 2.32 bits per heavy atom. The van der Waals surface area contributed by atoms with E-state index in [-0.39, 0.29) is 41.5 Å². The molecule has 5 fully saturated rings. The Bertz CT molecular complexity index is 954. The second kappa shape index (κ2) is 9.85. The number of fused-ring (bicyclic) bond motifs is 7. The summed E-state index contributed by atoms with van der Waals surface area (Å²) in [5, 5.41) is 47.6. The van der Waals surface area contributed by atoms with Gasteiger partial charge in [-0.2, -0.15) is 0 Å².